The van der Waals surface area contributed by atoms with Gasteiger partial charge in [-0.2, -0.15) is 11.8 Å². The number of hydrogen-bond acceptors (Lipinski definition) is 3. The molecule has 2 nitrogen and oxygen atoms in total. The van der Waals surface area contributed by atoms with Crippen molar-refractivity contribution in [3.63, 3.8) is 0 Å². The van der Waals surface area contributed by atoms with E-state index in [-0.39, 0.29) is 16.8 Å². The number of carbonyl (C=O) groups excluding carboxylic acids is 2. The molecular weight excluding hydrogens is 303 g/mol. The van der Waals surface area contributed by atoms with Crippen molar-refractivity contribution in [1.29, 1.82) is 0 Å². The zero-order chi connectivity index (χ0) is 14.2. The molecule has 0 amide bonds. The van der Waals surface area contributed by atoms with Crippen LogP contribution in [0.25, 0.3) is 0 Å². The fraction of sp³-hybridized carbons (Fsp3) is 0.400. The average Bonchev–Trinajstić information content (AvgIpc) is 2.97. The van der Waals surface area contributed by atoms with Crippen LogP contribution in [0.3, 0.4) is 0 Å². The molecule has 0 spiro atoms. The molecule has 4 heteroatoms. The van der Waals surface area contributed by atoms with Crippen LogP contribution in [0.5, 0.6) is 0 Å². The normalized spacial score (nSPS) is 12.0. The number of allylic oxidation sites excluding steroid dienone is 6. The Bertz CT molecular complexity index is 279. The smallest absolute Gasteiger partial charge is 0.440 e. The van der Waals surface area contributed by atoms with Crippen LogP contribution >= 0.6 is 11.8 Å². The Morgan fingerprint density at radius 2 is 1.26 bits per heavy atom. The summed E-state index contributed by atoms with van der Waals surface area (Å²) in [6.45, 7) is 7.39. The van der Waals surface area contributed by atoms with Crippen molar-refractivity contribution in [2.24, 2.45) is 0 Å². The molecule has 0 saturated carbocycles. The van der Waals surface area contributed by atoms with Crippen LogP contribution in [-0.4, -0.2) is 24.1 Å². The van der Waals surface area contributed by atoms with Gasteiger partial charge in [0.25, 0.3) is 0 Å². The number of hydrogen-bond donors (Lipinski definition) is 0. The van der Waals surface area contributed by atoms with Gasteiger partial charge in [-0.15, -0.1) is 26.4 Å². The zero-order valence-electron chi connectivity index (χ0n) is 11.9. The maximum atomic E-state index is 9.74. The molecule has 0 unspecified atom stereocenters. The van der Waals surface area contributed by atoms with Gasteiger partial charge < -0.3 is 20.7 Å². The molecule has 108 valence electrons. The van der Waals surface area contributed by atoms with E-state index >= 15 is 0 Å². The molecule has 0 atom stereocenters. The van der Waals surface area contributed by atoms with E-state index in [1.165, 1.54) is 25.4 Å². The fourth-order valence-electron chi connectivity index (χ4n) is 0.678. The molecule has 0 aromatic carbocycles. The van der Waals surface area contributed by atoms with E-state index in [9.17, 15) is 9.59 Å². The second-order valence-electron chi connectivity index (χ2n) is 3.20. The Morgan fingerprint density at radius 3 is 1.37 bits per heavy atom. The molecule has 0 heterocycles. The third-order valence-electron chi connectivity index (χ3n) is 1.83. The van der Waals surface area contributed by atoms with Crippen molar-refractivity contribution in [3.05, 3.63) is 41.9 Å². The summed E-state index contributed by atoms with van der Waals surface area (Å²) >= 11 is 1.96. The van der Waals surface area contributed by atoms with Gasteiger partial charge in [0, 0.05) is 6.42 Å². The van der Waals surface area contributed by atoms with Gasteiger partial charge >= 0.3 is 16.8 Å². The van der Waals surface area contributed by atoms with Gasteiger partial charge in [0.15, 0.2) is 0 Å². The van der Waals surface area contributed by atoms with E-state index in [1.807, 2.05) is 42.5 Å². The minimum absolute atomic E-state index is 0. The van der Waals surface area contributed by atoms with Crippen LogP contribution in [0.1, 0.15) is 27.7 Å². The first-order valence-corrected chi connectivity index (χ1v) is 6.97. The molecule has 0 aromatic rings. The summed E-state index contributed by atoms with van der Waals surface area (Å²) in [6, 6.07) is 0. The first-order valence-electron chi connectivity index (χ1n) is 5.82. The fourth-order valence-corrected chi connectivity index (χ4v) is 1.09. The molecule has 0 fully saturated rings. The van der Waals surface area contributed by atoms with Gasteiger partial charge in [0.2, 0.25) is 0 Å². The van der Waals surface area contributed by atoms with Crippen molar-refractivity contribution >= 4 is 24.3 Å². The summed E-state index contributed by atoms with van der Waals surface area (Å²) in [6.07, 6.45) is 13.2. The number of thioether (sulfide) groups is 1. The average molecular weight is 324 g/mol. The Balaban J connectivity index is -0.000000205. The van der Waals surface area contributed by atoms with Crippen molar-refractivity contribution in [1.82, 2.24) is 0 Å². The van der Waals surface area contributed by atoms with E-state index in [0.29, 0.717) is 11.1 Å². The second-order valence-corrected chi connectivity index (χ2v) is 4.76. The summed E-state index contributed by atoms with van der Waals surface area (Å²) < 4.78 is 0. The minimum atomic E-state index is 0. The van der Waals surface area contributed by atoms with Gasteiger partial charge in [-0.25, -0.2) is 0 Å². The molecule has 1 aliphatic rings. The standard InChI is InChI=1S/C6H6O2.C5H5.C4H10S.Co/c1-5(3-7)6(2)4-8;1-2-4-5-3-1;1-3-5-4-2;/h1-2H3;1-5H;3-4H2,1-2H3;/q-2;;;+2/b6-5-;;;. The van der Waals surface area contributed by atoms with Crippen LogP contribution in [-0.2, 0) is 26.4 Å². The topological polar surface area (TPSA) is 34.1 Å². The molecule has 2 radical (unpaired) electrons. The van der Waals surface area contributed by atoms with Crippen molar-refractivity contribution < 1.29 is 26.4 Å². The third-order valence-corrected chi connectivity index (χ3v) is 2.65. The van der Waals surface area contributed by atoms with Crippen LogP contribution < -0.4 is 0 Å². The van der Waals surface area contributed by atoms with E-state index in [0.717, 1.165) is 0 Å². The van der Waals surface area contributed by atoms with Crippen molar-refractivity contribution in [2.45, 2.75) is 27.7 Å². The molecule has 19 heavy (non-hydrogen) atoms. The van der Waals surface area contributed by atoms with Gasteiger partial charge in [0.1, 0.15) is 0 Å². The second kappa shape index (κ2) is 19.7. The number of rotatable bonds is 4. The zero-order valence-corrected chi connectivity index (χ0v) is 13.7. The van der Waals surface area contributed by atoms with Crippen LogP contribution in [0.15, 0.2) is 35.5 Å². The third kappa shape index (κ3) is 19.9. The van der Waals surface area contributed by atoms with Gasteiger partial charge in [0.05, 0.1) is 0 Å². The molecule has 0 N–H and O–H groups in total. The summed E-state index contributed by atoms with van der Waals surface area (Å²) in [7, 11) is 0. The Kier molecular flexibility index (Phi) is 24.4. The minimum Gasteiger partial charge on any atom is -0.440 e. The van der Waals surface area contributed by atoms with Crippen LogP contribution in [0.2, 0.25) is 0 Å². The van der Waals surface area contributed by atoms with E-state index < -0.39 is 0 Å². The summed E-state index contributed by atoms with van der Waals surface area (Å²) in [5.74, 6) is 2.52. The molecule has 1 rings (SSSR count). The van der Waals surface area contributed by atoms with E-state index in [4.69, 9.17) is 0 Å². The predicted molar refractivity (Wildman–Crippen MR) is 81.0 cm³/mol. The molecular formula is C15H21CoO2S. The maximum absolute atomic E-state index is 9.74. The largest absolute Gasteiger partial charge is 2.00 e. The van der Waals surface area contributed by atoms with Crippen molar-refractivity contribution in [2.75, 3.05) is 11.5 Å². The van der Waals surface area contributed by atoms with Crippen LogP contribution in [0, 0.1) is 6.42 Å². The monoisotopic (exact) mass is 324 g/mol. The summed E-state index contributed by atoms with van der Waals surface area (Å²) in [5, 5.41) is 0. The van der Waals surface area contributed by atoms with E-state index in [2.05, 4.69) is 13.8 Å². The molecule has 0 saturated heterocycles. The Morgan fingerprint density at radius 1 is 0.895 bits per heavy atom. The van der Waals surface area contributed by atoms with Gasteiger partial charge in [-0.3, -0.25) is 0 Å². The first kappa shape index (κ1) is 23.5. The predicted octanol–water partition coefficient (Wildman–Crippen LogP) is 3.62. The van der Waals surface area contributed by atoms with E-state index in [1.54, 1.807) is 12.6 Å². The summed E-state index contributed by atoms with van der Waals surface area (Å²) in [5.41, 5.74) is 0.639. The SMILES string of the molecule is C/C([C-]=O)=C(\C)[C-]=O.CCSCC.[CH]1C=CC=C1.[Co+2]. The molecule has 0 aromatic heterocycles. The first-order chi connectivity index (χ1) is 8.63. The molecule has 1 aliphatic carbocycles. The van der Waals surface area contributed by atoms with Gasteiger partial charge in [-0.05, 0) is 11.5 Å². The quantitative estimate of drug-likeness (QED) is 0.585. The molecule has 0 bridgehead atoms. The summed E-state index contributed by atoms with van der Waals surface area (Å²) in [4.78, 5) is 19.5. The molecule has 0 aliphatic heterocycles. The maximum Gasteiger partial charge on any atom is 2.00 e. The van der Waals surface area contributed by atoms with Crippen LogP contribution in [0.4, 0.5) is 0 Å². The van der Waals surface area contributed by atoms with Gasteiger partial charge in [-0.1, -0.05) is 38.2 Å². The Hall–Kier alpha value is -0.584. The van der Waals surface area contributed by atoms with Crippen molar-refractivity contribution in [3.8, 4) is 0 Å². The Labute approximate surface area is 132 Å².